The number of aliphatic hydroxyl groups is 1. The number of likely N-dealkylation sites (N-methyl/N-ethyl adjacent to an activating group) is 1. The molecule has 8 nitrogen and oxygen atoms in total. The minimum atomic E-state index is -4.54. The number of phosphoric acid groups is 1. The smallest absolute Gasteiger partial charge is 0.268 e. The second kappa shape index (κ2) is 38.5. The maximum absolute atomic E-state index is 12.7. The number of amides is 1. The first-order chi connectivity index (χ1) is 26.5. The molecule has 1 amide bonds. The third kappa shape index (κ3) is 41.0. The first kappa shape index (κ1) is 54.0. The van der Waals surface area contributed by atoms with E-state index in [1.807, 2.05) is 21.1 Å². The molecule has 55 heavy (non-hydrogen) atoms. The normalized spacial score (nSPS) is 14.5. The summed E-state index contributed by atoms with van der Waals surface area (Å²) in [5.74, 6) is -0.172. The zero-order valence-electron chi connectivity index (χ0n) is 36.9. The lowest BCUT2D eigenvalue weighted by molar-refractivity contribution is -0.870. The first-order valence-corrected chi connectivity index (χ1v) is 24.6. The molecule has 0 radical (unpaired) electrons. The van der Waals surface area contributed by atoms with Gasteiger partial charge in [-0.15, -0.1) is 0 Å². The van der Waals surface area contributed by atoms with E-state index in [0.29, 0.717) is 23.9 Å². The summed E-state index contributed by atoms with van der Waals surface area (Å²) >= 11 is 0. The Balaban J connectivity index is 3.82. The molecule has 3 atom stereocenters. The molecule has 3 unspecified atom stereocenters. The van der Waals surface area contributed by atoms with E-state index >= 15 is 0 Å². The van der Waals surface area contributed by atoms with Crippen LogP contribution in [0.15, 0.2) is 24.3 Å². The molecule has 0 aromatic rings. The van der Waals surface area contributed by atoms with Crippen LogP contribution in [0.5, 0.6) is 0 Å². The molecular weight excluding hydrogens is 707 g/mol. The van der Waals surface area contributed by atoms with Gasteiger partial charge in [0.2, 0.25) is 5.91 Å². The van der Waals surface area contributed by atoms with E-state index in [-0.39, 0.29) is 19.1 Å². The van der Waals surface area contributed by atoms with E-state index in [0.717, 1.165) is 51.4 Å². The van der Waals surface area contributed by atoms with Gasteiger partial charge in [0.25, 0.3) is 7.82 Å². The van der Waals surface area contributed by atoms with Crippen LogP contribution >= 0.6 is 7.82 Å². The van der Waals surface area contributed by atoms with Gasteiger partial charge in [0.1, 0.15) is 13.2 Å². The maximum atomic E-state index is 12.7. The Morgan fingerprint density at radius 1 is 0.636 bits per heavy atom. The van der Waals surface area contributed by atoms with Gasteiger partial charge in [-0.1, -0.05) is 186 Å². The van der Waals surface area contributed by atoms with Crippen molar-refractivity contribution in [2.45, 2.75) is 225 Å². The van der Waals surface area contributed by atoms with E-state index in [4.69, 9.17) is 9.05 Å². The van der Waals surface area contributed by atoms with Gasteiger partial charge in [-0.25, -0.2) is 0 Å². The zero-order valence-corrected chi connectivity index (χ0v) is 37.8. The number of carbonyl (C=O) groups excluding carboxylic acids is 1. The van der Waals surface area contributed by atoms with Crippen LogP contribution in [0.25, 0.3) is 0 Å². The lowest BCUT2D eigenvalue weighted by Crippen LogP contribution is -2.46. The van der Waals surface area contributed by atoms with Crippen molar-refractivity contribution < 1.29 is 32.9 Å². The lowest BCUT2D eigenvalue weighted by Gasteiger charge is -2.30. The number of nitrogens with zero attached hydrogens (tertiary/aromatic N) is 1. The summed E-state index contributed by atoms with van der Waals surface area (Å²) in [6.07, 6.45) is 45.5. The van der Waals surface area contributed by atoms with Gasteiger partial charge in [-0.2, -0.15) is 0 Å². The van der Waals surface area contributed by atoms with Crippen molar-refractivity contribution in [1.82, 2.24) is 5.32 Å². The van der Waals surface area contributed by atoms with Crippen LogP contribution < -0.4 is 10.2 Å². The average molecular weight is 799 g/mol. The molecule has 0 bridgehead atoms. The van der Waals surface area contributed by atoms with Crippen LogP contribution in [-0.2, 0) is 18.4 Å². The number of phosphoric ester groups is 1. The largest absolute Gasteiger partial charge is 0.756 e. The fraction of sp³-hybridized carbons (Fsp3) is 0.891. The molecule has 0 aromatic heterocycles. The van der Waals surface area contributed by atoms with Crippen LogP contribution in [0.4, 0.5) is 0 Å². The Labute approximate surface area is 341 Å². The summed E-state index contributed by atoms with van der Waals surface area (Å²) in [5.41, 5.74) is 0. The van der Waals surface area contributed by atoms with Crippen LogP contribution in [0, 0.1) is 0 Å². The third-order valence-electron chi connectivity index (χ3n) is 10.4. The van der Waals surface area contributed by atoms with Gasteiger partial charge in [-0.3, -0.25) is 9.36 Å². The molecule has 0 aliphatic rings. The summed E-state index contributed by atoms with van der Waals surface area (Å²) < 4.78 is 23.0. The van der Waals surface area contributed by atoms with Crippen molar-refractivity contribution in [3.05, 3.63) is 24.3 Å². The topological polar surface area (TPSA) is 108 Å². The Morgan fingerprint density at radius 3 is 1.51 bits per heavy atom. The standard InChI is InChI=1S/C46H91N2O6P/c1-6-8-10-12-13-14-15-16-17-18-19-20-21-22-23-24-25-26-27-28-29-30-31-32-33-34-35-36-38-40-46(50)47-44(45(49)39-37-11-9-7-2)43-54-55(51,52)53-42-41-48(3,4)5/h15-16,18-19,44-45,49H,6-14,17,20-43H2,1-5H3,(H-,47,50,51,52)/b16-15-,19-18-. The number of rotatable bonds is 42. The molecule has 0 aromatic carbocycles. The Bertz CT molecular complexity index is 953. The predicted octanol–water partition coefficient (Wildman–Crippen LogP) is 12.3. The zero-order chi connectivity index (χ0) is 40.7. The highest BCUT2D eigenvalue weighted by Crippen LogP contribution is 2.38. The van der Waals surface area contributed by atoms with Crippen molar-refractivity contribution in [2.24, 2.45) is 0 Å². The summed E-state index contributed by atoms with van der Waals surface area (Å²) in [7, 11) is 1.30. The second-order valence-electron chi connectivity index (χ2n) is 17.1. The summed E-state index contributed by atoms with van der Waals surface area (Å²) in [4.78, 5) is 25.1. The number of aliphatic hydroxyl groups excluding tert-OH is 1. The minimum Gasteiger partial charge on any atom is -0.756 e. The van der Waals surface area contributed by atoms with Crippen molar-refractivity contribution in [3.8, 4) is 0 Å². The van der Waals surface area contributed by atoms with E-state index in [1.165, 1.54) is 135 Å². The highest BCUT2D eigenvalue weighted by atomic mass is 31.2. The van der Waals surface area contributed by atoms with Crippen molar-refractivity contribution >= 4 is 13.7 Å². The number of hydrogen-bond acceptors (Lipinski definition) is 6. The second-order valence-corrected chi connectivity index (χ2v) is 18.5. The predicted molar refractivity (Wildman–Crippen MR) is 233 cm³/mol. The van der Waals surface area contributed by atoms with E-state index in [2.05, 4.69) is 43.5 Å². The molecule has 0 aliphatic carbocycles. The van der Waals surface area contributed by atoms with E-state index < -0.39 is 20.0 Å². The first-order valence-electron chi connectivity index (χ1n) is 23.2. The minimum absolute atomic E-state index is 0.0122. The van der Waals surface area contributed by atoms with E-state index in [1.54, 1.807) is 0 Å². The van der Waals surface area contributed by atoms with Crippen molar-refractivity contribution in [1.29, 1.82) is 0 Å². The maximum Gasteiger partial charge on any atom is 0.268 e. The molecule has 2 N–H and O–H groups in total. The quantitative estimate of drug-likeness (QED) is 0.0276. The molecule has 326 valence electrons. The van der Waals surface area contributed by atoms with E-state index in [9.17, 15) is 19.4 Å². The molecule has 0 saturated heterocycles. The average Bonchev–Trinajstić information content (AvgIpc) is 3.13. The Morgan fingerprint density at radius 2 is 1.05 bits per heavy atom. The Kier molecular flexibility index (Phi) is 37.8. The molecule has 0 saturated carbocycles. The van der Waals surface area contributed by atoms with Crippen LogP contribution in [-0.4, -0.2) is 68.5 Å². The summed E-state index contributed by atoms with van der Waals surface area (Å²) in [6.45, 7) is 4.59. The number of nitrogens with one attached hydrogen (secondary N) is 1. The number of carbonyl (C=O) groups is 1. The molecular formula is C46H91N2O6P. The van der Waals surface area contributed by atoms with Crippen molar-refractivity contribution in [3.63, 3.8) is 0 Å². The Hall–Kier alpha value is -1.02. The summed E-state index contributed by atoms with van der Waals surface area (Å²) in [6, 6.07) is -0.793. The van der Waals surface area contributed by atoms with Crippen LogP contribution in [0.3, 0.4) is 0 Å². The van der Waals surface area contributed by atoms with Gasteiger partial charge in [-0.05, 0) is 44.9 Å². The number of allylic oxidation sites excluding steroid dienone is 4. The fourth-order valence-corrected chi connectivity index (χ4v) is 7.44. The lowest BCUT2D eigenvalue weighted by atomic mass is 10.0. The van der Waals surface area contributed by atoms with Crippen LogP contribution in [0.2, 0.25) is 0 Å². The SMILES string of the molecule is CCCCCCC/C=C\C/C=C\CCCCCCCCCCCCCCCCCCCC(=O)NC(COP(=O)([O-])OCC[N+](C)(C)C)C(O)CCCCCC. The molecule has 0 fully saturated rings. The van der Waals surface area contributed by atoms with Crippen molar-refractivity contribution in [2.75, 3.05) is 40.9 Å². The third-order valence-corrected chi connectivity index (χ3v) is 11.4. The highest BCUT2D eigenvalue weighted by molar-refractivity contribution is 7.45. The van der Waals surface area contributed by atoms with Gasteiger partial charge in [0, 0.05) is 6.42 Å². The number of hydrogen-bond donors (Lipinski definition) is 2. The van der Waals surface area contributed by atoms with Gasteiger partial charge in [0.05, 0.1) is 39.9 Å². The number of quaternary nitrogens is 1. The molecule has 9 heteroatoms. The van der Waals surface area contributed by atoms with Gasteiger partial charge in [0.15, 0.2) is 0 Å². The van der Waals surface area contributed by atoms with Gasteiger partial charge < -0.3 is 28.8 Å². The summed E-state index contributed by atoms with van der Waals surface area (Å²) in [5, 5.41) is 13.6. The molecule has 0 rings (SSSR count). The fourth-order valence-electron chi connectivity index (χ4n) is 6.72. The molecule has 0 aliphatic heterocycles. The molecule has 0 heterocycles. The molecule has 0 spiro atoms. The van der Waals surface area contributed by atoms with Gasteiger partial charge >= 0.3 is 0 Å². The van der Waals surface area contributed by atoms with Crippen LogP contribution in [0.1, 0.15) is 213 Å². The monoisotopic (exact) mass is 799 g/mol. The number of unbranched alkanes of at least 4 members (excludes halogenated alkanes) is 25. The highest BCUT2D eigenvalue weighted by Gasteiger charge is 2.24.